The standard InChI is InChI=1S/C16H28N4O3S/c1-9(2)7-10(15(17)22)18-13(21)6-4-3-5-12-14-11(8-24-12)19-16(23)20-14/h9-12,14H,3-8H2,1-2H3,(H2,17,22)(H,18,21)(H2,19,20,23)/t10-,11-,12-,14-/m0/s1. The molecule has 0 aromatic carbocycles. The Labute approximate surface area is 147 Å². The van der Waals surface area contributed by atoms with Crippen LogP contribution in [0.2, 0.25) is 0 Å². The first-order valence-corrected chi connectivity index (χ1v) is 9.69. The second-order valence-corrected chi connectivity index (χ2v) is 8.29. The summed E-state index contributed by atoms with van der Waals surface area (Å²) in [4.78, 5) is 34.7. The number of primary amides is 1. The fraction of sp³-hybridized carbons (Fsp3) is 0.812. The Bertz CT molecular complexity index is 486. The first-order chi connectivity index (χ1) is 11.4. The van der Waals surface area contributed by atoms with Gasteiger partial charge in [0.05, 0.1) is 12.1 Å². The molecule has 4 amide bonds. The lowest BCUT2D eigenvalue weighted by Gasteiger charge is -2.18. The number of unbranched alkanes of at least 4 members (excludes halogenated alkanes) is 1. The van der Waals surface area contributed by atoms with Crippen molar-refractivity contribution in [1.29, 1.82) is 0 Å². The summed E-state index contributed by atoms with van der Waals surface area (Å²) in [6.07, 6.45) is 3.64. The van der Waals surface area contributed by atoms with Crippen molar-refractivity contribution in [3.63, 3.8) is 0 Å². The largest absolute Gasteiger partial charge is 0.368 e. The van der Waals surface area contributed by atoms with Gasteiger partial charge in [0.1, 0.15) is 6.04 Å². The van der Waals surface area contributed by atoms with Crippen LogP contribution >= 0.6 is 11.8 Å². The van der Waals surface area contributed by atoms with Gasteiger partial charge in [0.25, 0.3) is 0 Å². The number of rotatable bonds is 9. The molecule has 5 N–H and O–H groups in total. The Kier molecular flexibility index (Phi) is 6.77. The normalized spacial score (nSPS) is 26.6. The zero-order valence-electron chi connectivity index (χ0n) is 14.3. The van der Waals surface area contributed by atoms with E-state index in [2.05, 4.69) is 16.0 Å². The van der Waals surface area contributed by atoms with Crippen molar-refractivity contribution in [2.45, 2.75) is 69.3 Å². The topological polar surface area (TPSA) is 113 Å². The summed E-state index contributed by atoms with van der Waals surface area (Å²) in [5, 5.41) is 9.04. The monoisotopic (exact) mass is 356 g/mol. The van der Waals surface area contributed by atoms with E-state index in [1.54, 1.807) is 0 Å². The molecule has 0 aliphatic carbocycles. The Morgan fingerprint density at radius 1 is 1.33 bits per heavy atom. The first kappa shape index (κ1) is 18.9. The average molecular weight is 356 g/mol. The second-order valence-electron chi connectivity index (χ2n) is 7.02. The van der Waals surface area contributed by atoms with E-state index in [0.29, 0.717) is 24.0 Å². The molecule has 24 heavy (non-hydrogen) atoms. The molecule has 2 rings (SSSR count). The summed E-state index contributed by atoms with van der Waals surface area (Å²) >= 11 is 1.88. The molecule has 7 nitrogen and oxygen atoms in total. The van der Waals surface area contributed by atoms with Crippen LogP contribution in [0.5, 0.6) is 0 Å². The van der Waals surface area contributed by atoms with Gasteiger partial charge in [-0.25, -0.2) is 4.79 Å². The van der Waals surface area contributed by atoms with Crippen LogP contribution in [-0.2, 0) is 9.59 Å². The highest BCUT2D eigenvalue weighted by Gasteiger charge is 2.42. The molecule has 0 aromatic rings. The average Bonchev–Trinajstić information content (AvgIpc) is 3.02. The van der Waals surface area contributed by atoms with Gasteiger partial charge in [-0.3, -0.25) is 9.59 Å². The lowest BCUT2D eigenvalue weighted by Crippen LogP contribution is -2.45. The van der Waals surface area contributed by atoms with Gasteiger partial charge < -0.3 is 21.7 Å². The van der Waals surface area contributed by atoms with Gasteiger partial charge in [0, 0.05) is 17.4 Å². The third-order valence-corrected chi connectivity index (χ3v) is 5.98. The van der Waals surface area contributed by atoms with Crippen LogP contribution in [0.4, 0.5) is 4.79 Å². The zero-order valence-corrected chi connectivity index (χ0v) is 15.2. The molecular weight excluding hydrogens is 328 g/mol. The van der Waals surface area contributed by atoms with Crippen molar-refractivity contribution >= 4 is 29.6 Å². The minimum atomic E-state index is -0.580. The van der Waals surface area contributed by atoms with Gasteiger partial charge in [-0.15, -0.1) is 0 Å². The van der Waals surface area contributed by atoms with Crippen molar-refractivity contribution in [1.82, 2.24) is 16.0 Å². The number of hydrogen-bond acceptors (Lipinski definition) is 4. The van der Waals surface area contributed by atoms with Crippen LogP contribution in [-0.4, -0.2) is 47.0 Å². The minimum absolute atomic E-state index is 0.0719. The summed E-state index contributed by atoms with van der Waals surface area (Å²) in [7, 11) is 0. The Balaban J connectivity index is 1.64. The number of nitrogens with one attached hydrogen (secondary N) is 3. The van der Waals surface area contributed by atoms with E-state index >= 15 is 0 Å². The molecule has 8 heteroatoms. The molecule has 2 fully saturated rings. The number of carbonyl (C=O) groups is 3. The van der Waals surface area contributed by atoms with E-state index in [-0.39, 0.29) is 24.0 Å². The number of nitrogens with two attached hydrogens (primary N) is 1. The van der Waals surface area contributed by atoms with Crippen LogP contribution in [0.1, 0.15) is 46.0 Å². The van der Waals surface area contributed by atoms with Gasteiger partial charge in [-0.2, -0.15) is 11.8 Å². The third-order valence-electron chi connectivity index (χ3n) is 4.47. The van der Waals surface area contributed by atoms with Crippen molar-refractivity contribution in [2.75, 3.05) is 5.75 Å². The Morgan fingerprint density at radius 3 is 2.75 bits per heavy atom. The number of amides is 4. The lowest BCUT2D eigenvalue weighted by atomic mass is 10.0. The van der Waals surface area contributed by atoms with Crippen LogP contribution in [0.15, 0.2) is 0 Å². The maximum atomic E-state index is 12.0. The lowest BCUT2D eigenvalue weighted by molar-refractivity contribution is -0.127. The summed E-state index contributed by atoms with van der Waals surface area (Å²) < 4.78 is 0. The summed E-state index contributed by atoms with van der Waals surface area (Å²) in [5.41, 5.74) is 5.33. The number of urea groups is 1. The molecule has 2 aliphatic rings. The van der Waals surface area contributed by atoms with Crippen LogP contribution in [0.3, 0.4) is 0 Å². The minimum Gasteiger partial charge on any atom is -0.368 e. The predicted octanol–water partition coefficient (Wildman–Crippen LogP) is 0.728. The van der Waals surface area contributed by atoms with E-state index in [4.69, 9.17) is 5.73 Å². The molecule has 0 bridgehead atoms. The van der Waals surface area contributed by atoms with Gasteiger partial charge >= 0.3 is 6.03 Å². The fourth-order valence-corrected chi connectivity index (χ4v) is 4.80. The van der Waals surface area contributed by atoms with Gasteiger partial charge in [0.15, 0.2) is 0 Å². The van der Waals surface area contributed by atoms with Crippen molar-refractivity contribution in [3.05, 3.63) is 0 Å². The molecule has 2 aliphatic heterocycles. The maximum Gasteiger partial charge on any atom is 0.315 e. The number of fused-ring (bicyclic) bond motifs is 1. The molecule has 136 valence electrons. The molecule has 4 atom stereocenters. The van der Waals surface area contributed by atoms with Crippen LogP contribution < -0.4 is 21.7 Å². The SMILES string of the molecule is CC(C)C[C@H](NC(=O)CCCC[C@@H]1SC[C@@H]2NC(=O)N[C@@H]21)C(N)=O. The molecule has 0 unspecified atom stereocenters. The fourth-order valence-electron chi connectivity index (χ4n) is 3.26. The zero-order chi connectivity index (χ0) is 17.7. The highest BCUT2D eigenvalue weighted by molar-refractivity contribution is 8.00. The quantitative estimate of drug-likeness (QED) is 0.360. The van der Waals surface area contributed by atoms with E-state index in [1.807, 2.05) is 25.6 Å². The maximum absolute atomic E-state index is 12.0. The van der Waals surface area contributed by atoms with Crippen LogP contribution in [0.25, 0.3) is 0 Å². The van der Waals surface area contributed by atoms with E-state index < -0.39 is 11.9 Å². The van der Waals surface area contributed by atoms with E-state index in [9.17, 15) is 14.4 Å². The third kappa shape index (κ3) is 5.29. The van der Waals surface area contributed by atoms with Gasteiger partial charge in [-0.05, 0) is 25.2 Å². The highest BCUT2D eigenvalue weighted by atomic mass is 32.2. The van der Waals surface area contributed by atoms with Crippen molar-refractivity contribution in [3.8, 4) is 0 Å². The smallest absolute Gasteiger partial charge is 0.315 e. The molecule has 0 radical (unpaired) electrons. The molecular formula is C16H28N4O3S. The molecule has 2 saturated heterocycles. The van der Waals surface area contributed by atoms with Gasteiger partial charge in [-0.1, -0.05) is 20.3 Å². The first-order valence-electron chi connectivity index (χ1n) is 8.64. The number of hydrogen-bond donors (Lipinski definition) is 4. The summed E-state index contributed by atoms with van der Waals surface area (Å²) in [5.74, 6) is 0.650. The van der Waals surface area contributed by atoms with E-state index in [0.717, 1.165) is 25.0 Å². The van der Waals surface area contributed by atoms with Crippen molar-refractivity contribution < 1.29 is 14.4 Å². The van der Waals surface area contributed by atoms with Crippen molar-refractivity contribution in [2.24, 2.45) is 11.7 Å². The molecule has 0 spiro atoms. The Morgan fingerprint density at radius 2 is 2.08 bits per heavy atom. The predicted molar refractivity (Wildman–Crippen MR) is 94.5 cm³/mol. The second kappa shape index (κ2) is 8.60. The number of thioether (sulfide) groups is 1. The molecule has 2 heterocycles. The van der Waals surface area contributed by atoms with E-state index in [1.165, 1.54) is 0 Å². The van der Waals surface area contributed by atoms with Gasteiger partial charge in [0.2, 0.25) is 11.8 Å². The van der Waals surface area contributed by atoms with Crippen LogP contribution in [0, 0.1) is 5.92 Å². The highest BCUT2D eigenvalue weighted by Crippen LogP contribution is 2.33. The molecule has 0 saturated carbocycles. The number of carbonyl (C=O) groups excluding carboxylic acids is 3. The summed E-state index contributed by atoms with van der Waals surface area (Å²) in [6, 6.07) is -0.203. The summed E-state index contributed by atoms with van der Waals surface area (Å²) in [6.45, 7) is 3.98. The molecule has 0 aromatic heterocycles. The Hall–Kier alpha value is -1.44.